The van der Waals surface area contributed by atoms with Crippen molar-refractivity contribution < 1.29 is 9.53 Å². The lowest BCUT2D eigenvalue weighted by Gasteiger charge is -2.21. The molecular weight excluding hydrogens is 236 g/mol. The molecule has 0 radical (unpaired) electrons. The molecule has 2 aliphatic rings. The fourth-order valence-corrected chi connectivity index (χ4v) is 3.20. The van der Waals surface area contributed by atoms with Crippen LogP contribution in [0, 0.1) is 0 Å². The number of rotatable bonds is 4. The maximum Gasteiger partial charge on any atom is 0.186 e. The van der Waals surface area contributed by atoms with Gasteiger partial charge in [-0.05, 0) is 19.3 Å². The predicted octanol–water partition coefficient (Wildman–Crippen LogP) is 2.06. The summed E-state index contributed by atoms with van der Waals surface area (Å²) in [4.78, 5) is 18.7. The second-order valence-corrected chi connectivity index (χ2v) is 5.78. The third-order valence-corrected chi connectivity index (χ3v) is 4.58. The van der Waals surface area contributed by atoms with Crippen molar-refractivity contribution in [2.45, 2.75) is 31.2 Å². The van der Waals surface area contributed by atoms with Gasteiger partial charge in [-0.2, -0.15) is 0 Å². The molecule has 0 aromatic carbocycles. The quantitative estimate of drug-likeness (QED) is 0.769. The van der Waals surface area contributed by atoms with Gasteiger partial charge >= 0.3 is 0 Å². The average molecular weight is 252 g/mol. The highest BCUT2D eigenvalue weighted by Gasteiger charge is 2.31. The Morgan fingerprint density at radius 1 is 1.47 bits per heavy atom. The minimum Gasteiger partial charge on any atom is -0.379 e. The van der Waals surface area contributed by atoms with Gasteiger partial charge in [0.2, 0.25) is 0 Å². The number of hydrogen-bond acceptors (Lipinski definition) is 5. The van der Waals surface area contributed by atoms with Crippen LogP contribution in [-0.4, -0.2) is 37.6 Å². The van der Waals surface area contributed by atoms with Gasteiger partial charge < -0.3 is 9.64 Å². The molecule has 1 aliphatic carbocycles. The molecule has 0 spiro atoms. The highest BCUT2D eigenvalue weighted by Crippen LogP contribution is 2.43. The SMILES string of the molecule is CN(c1nc(C2CC2)c(C=O)s1)C1CCOC1. The molecule has 92 valence electrons. The monoisotopic (exact) mass is 252 g/mol. The molecule has 1 unspecified atom stereocenters. The number of likely N-dealkylation sites (N-methyl/N-ethyl adjacent to an activating group) is 1. The zero-order chi connectivity index (χ0) is 11.8. The number of hydrogen-bond donors (Lipinski definition) is 0. The van der Waals surface area contributed by atoms with Gasteiger partial charge in [-0.15, -0.1) is 0 Å². The van der Waals surface area contributed by atoms with Gasteiger partial charge in [0.05, 0.1) is 23.2 Å². The van der Waals surface area contributed by atoms with E-state index in [0.717, 1.165) is 41.6 Å². The summed E-state index contributed by atoms with van der Waals surface area (Å²) in [6.45, 7) is 1.60. The van der Waals surface area contributed by atoms with E-state index in [1.165, 1.54) is 24.2 Å². The van der Waals surface area contributed by atoms with Gasteiger partial charge in [-0.3, -0.25) is 4.79 Å². The molecule has 1 aromatic rings. The number of carbonyl (C=O) groups excluding carboxylic acids is 1. The van der Waals surface area contributed by atoms with Crippen LogP contribution in [-0.2, 0) is 4.74 Å². The first-order valence-corrected chi connectivity index (χ1v) is 6.87. The van der Waals surface area contributed by atoms with E-state index in [1.807, 2.05) is 7.05 Å². The van der Waals surface area contributed by atoms with Crippen molar-refractivity contribution in [2.75, 3.05) is 25.2 Å². The molecule has 0 amide bonds. The minimum absolute atomic E-state index is 0.410. The van der Waals surface area contributed by atoms with E-state index < -0.39 is 0 Å². The number of nitrogens with zero attached hydrogens (tertiary/aromatic N) is 2. The standard InChI is InChI=1S/C12H16N2O2S/c1-14(9-4-5-16-7-9)12-13-11(8-2-3-8)10(6-15)17-12/h6,8-9H,2-5,7H2,1H3. The third kappa shape index (κ3) is 2.09. The van der Waals surface area contributed by atoms with Crippen molar-refractivity contribution in [2.24, 2.45) is 0 Å². The molecule has 2 fully saturated rings. The molecule has 3 rings (SSSR count). The summed E-state index contributed by atoms with van der Waals surface area (Å²) in [6, 6.07) is 0.410. The molecule has 4 nitrogen and oxygen atoms in total. The van der Waals surface area contributed by atoms with Crippen LogP contribution in [0.5, 0.6) is 0 Å². The van der Waals surface area contributed by atoms with Crippen LogP contribution in [0.2, 0.25) is 0 Å². The fourth-order valence-electron chi connectivity index (χ4n) is 2.20. The van der Waals surface area contributed by atoms with Crippen molar-refractivity contribution in [3.63, 3.8) is 0 Å². The van der Waals surface area contributed by atoms with Gasteiger partial charge in [-0.25, -0.2) is 4.98 Å². The number of aldehydes is 1. The van der Waals surface area contributed by atoms with Gasteiger partial charge in [0.15, 0.2) is 11.4 Å². The Morgan fingerprint density at radius 2 is 2.29 bits per heavy atom. The van der Waals surface area contributed by atoms with Gasteiger partial charge in [0, 0.05) is 19.6 Å². The Balaban J connectivity index is 1.84. The Bertz CT molecular complexity index is 422. The Labute approximate surface area is 105 Å². The number of anilines is 1. The van der Waals surface area contributed by atoms with E-state index in [9.17, 15) is 4.79 Å². The van der Waals surface area contributed by atoms with Crippen molar-refractivity contribution in [3.8, 4) is 0 Å². The smallest absolute Gasteiger partial charge is 0.186 e. The normalized spacial score (nSPS) is 23.9. The zero-order valence-corrected chi connectivity index (χ0v) is 10.7. The van der Waals surface area contributed by atoms with E-state index in [2.05, 4.69) is 9.88 Å². The second kappa shape index (κ2) is 4.38. The van der Waals surface area contributed by atoms with Crippen LogP contribution < -0.4 is 4.90 Å². The minimum atomic E-state index is 0.410. The Morgan fingerprint density at radius 3 is 2.88 bits per heavy atom. The summed E-state index contributed by atoms with van der Waals surface area (Å²) in [5, 5.41) is 0.963. The molecule has 1 aliphatic heterocycles. The maximum atomic E-state index is 11.0. The lowest BCUT2D eigenvalue weighted by molar-refractivity contribution is 0.112. The summed E-state index contributed by atoms with van der Waals surface area (Å²) < 4.78 is 5.39. The van der Waals surface area contributed by atoms with E-state index in [-0.39, 0.29) is 0 Å². The van der Waals surface area contributed by atoms with Crippen molar-refractivity contribution >= 4 is 22.8 Å². The third-order valence-electron chi connectivity index (χ3n) is 3.50. The van der Waals surface area contributed by atoms with Crippen LogP contribution in [0.15, 0.2) is 0 Å². The van der Waals surface area contributed by atoms with Crippen LogP contribution in [0.4, 0.5) is 5.13 Å². The van der Waals surface area contributed by atoms with Gasteiger partial charge in [0.1, 0.15) is 0 Å². The molecule has 17 heavy (non-hydrogen) atoms. The molecule has 1 aromatic heterocycles. The van der Waals surface area contributed by atoms with Crippen LogP contribution in [0.25, 0.3) is 0 Å². The Hall–Kier alpha value is -0.940. The number of ether oxygens (including phenoxy) is 1. The average Bonchev–Trinajstić information content (AvgIpc) is 2.91. The molecule has 5 heteroatoms. The molecular formula is C12H16N2O2S. The summed E-state index contributed by atoms with van der Waals surface area (Å²) in [5.41, 5.74) is 1.02. The molecule has 2 heterocycles. The summed E-state index contributed by atoms with van der Waals surface area (Å²) in [5.74, 6) is 0.536. The lowest BCUT2D eigenvalue weighted by atomic mass is 10.2. The van der Waals surface area contributed by atoms with Gasteiger partial charge in [0.25, 0.3) is 0 Å². The summed E-state index contributed by atoms with van der Waals surface area (Å²) in [6.07, 6.45) is 4.36. The second-order valence-electron chi connectivity index (χ2n) is 4.77. The maximum absolute atomic E-state index is 11.0. The predicted molar refractivity (Wildman–Crippen MR) is 67.1 cm³/mol. The first-order chi connectivity index (χ1) is 8.29. The van der Waals surface area contributed by atoms with Crippen LogP contribution >= 0.6 is 11.3 Å². The molecule has 1 saturated heterocycles. The molecule has 0 N–H and O–H groups in total. The van der Waals surface area contributed by atoms with E-state index in [0.29, 0.717) is 12.0 Å². The first kappa shape index (κ1) is 11.2. The Kier molecular flexibility index (Phi) is 2.88. The van der Waals surface area contributed by atoms with Crippen LogP contribution in [0.3, 0.4) is 0 Å². The first-order valence-electron chi connectivity index (χ1n) is 6.06. The van der Waals surface area contributed by atoms with Crippen LogP contribution in [0.1, 0.15) is 40.5 Å². The van der Waals surface area contributed by atoms with Crippen molar-refractivity contribution in [1.82, 2.24) is 4.98 Å². The summed E-state index contributed by atoms with van der Waals surface area (Å²) in [7, 11) is 2.05. The number of carbonyl (C=O) groups is 1. The van der Waals surface area contributed by atoms with E-state index >= 15 is 0 Å². The van der Waals surface area contributed by atoms with E-state index in [4.69, 9.17) is 4.74 Å². The van der Waals surface area contributed by atoms with Crippen molar-refractivity contribution in [3.05, 3.63) is 10.6 Å². The number of thiazole rings is 1. The highest BCUT2D eigenvalue weighted by atomic mass is 32.1. The topological polar surface area (TPSA) is 42.4 Å². The van der Waals surface area contributed by atoms with Crippen molar-refractivity contribution in [1.29, 1.82) is 0 Å². The fraction of sp³-hybridized carbons (Fsp3) is 0.667. The highest BCUT2D eigenvalue weighted by molar-refractivity contribution is 7.17. The molecule has 1 atom stereocenters. The number of aromatic nitrogens is 1. The zero-order valence-electron chi connectivity index (χ0n) is 9.89. The van der Waals surface area contributed by atoms with E-state index in [1.54, 1.807) is 0 Å². The molecule has 0 bridgehead atoms. The largest absolute Gasteiger partial charge is 0.379 e. The summed E-state index contributed by atoms with van der Waals surface area (Å²) >= 11 is 1.51. The lowest BCUT2D eigenvalue weighted by Crippen LogP contribution is -2.31. The molecule has 1 saturated carbocycles. The van der Waals surface area contributed by atoms with Gasteiger partial charge in [-0.1, -0.05) is 11.3 Å².